The zero-order valence-corrected chi connectivity index (χ0v) is 17.8. The molecular weight excluding hydrogens is 435 g/mol. The van der Waals surface area contributed by atoms with Gasteiger partial charge >= 0.3 is 0 Å². The van der Waals surface area contributed by atoms with Crippen molar-refractivity contribution in [3.63, 3.8) is 0 Å². The van der Waals surface area contributed by atoms with Crippen LogP contribution in [0.2, 0.25) is 10.0 Å². The number of carbonyl (C=O) groups excluding carboxylic acids is 2. The normalized spacial score (nSPS) is 22.8. The van der Waals surface area contributed by atoms with Crippen molar-refractivity contribution in [2.75, 3.05) is 5.06 Å². The van der Waals surface area contributed by atoms with Crippen LogP contribution in [0.5, 0.6) is 0 Å². The third-order valence-electron chi connectivity index (χ3n) is 5.68. The summed E-state index contributed by atoms with van der Waals surface area (Å²) < 4.78 is 0. The Morgan fingerprint density at radius 2 is 1.52 bits per heavy atom. The summed E-state index contributed by atoms with van der Waals surface area (Å²) >= 11 is 12.6. The van der Waals surface area contributed by atoms with Crippen LogP contribution >= 0.6 is 23.2 Å². The number of halogens is 2. The maximum Gasteiger partial charge on any atom is 0.262 e. The molecule has 0 saturated carbocycles. The molecule has 0 radical (unpaired) electrons. The molecule has 0 N–H and O–H groups in total. The summed E-state index contributed by atoms with van der Waals surface area (Å²) in [6.45, 7) is 0.210. The lowest BCUT2D eigenvalue weighted by Crippen LogP contribution is -2.37. The van der Waals surface area contributed by atoms with E-state index in [0.717, 1.165) is 11.3 Å². The lowest BCUT2D eigenvalue weighted by molar-refractivity contribution is -0.143. The first-order chi connectivity index (χ1) is 15.0. The fourth-order valence-electron chi connectivity index (χ4n) is 4.25. The largest absolute Gasteiger partial charge is 0.275 e. The van der Waals surface area contributed by atoms with Crippen molar-refractivity contribution in [1.29, 1.82) is 0 Å². The predicted octanol–water partition coefficient (Wildman–Crippen LogP) is 5.04. The van der Waals surface area contributed by atoms with Gasteiger partial charge in [-0.2, -0.15) is 0 Å². The second kappa shape index (κ2) is 8.00. The summed E-state index contributed by atoms with van der Waals surface area (Å²) in [4.78, 5) is 34.0. The molecule has 0 spiro atoms. The third kappa shape index (κ3) is 3.49. The second-order valence-corrected chi connectivity index (χ2v) is 8.42. The molecule has 31 heavy (non-hydrogen) atoms. The van der Waals surface area contributed by atoms with Crippen molar-refractivity contribution in [3.05, 3.63) is 100 Å². The minimum atomic E-state index is -0.909. The van der Waals surface area contributed by atoms with Crippen molar-refractivity contribution in [2.45, 2.75) is 18.7 Å². The molecule has 5 nitrogen and oxygen atoms in total. The molecular formula is C24H18Cl2N2O3. The SMILES string of the molecule is O=C1C2ON(c3ccccc3)C(c3ccc(Cl)cc3Cl)C2C(=O)N1Cc1ccccc1. The number of anilines is 1. The van der Waals surface area contributed by atoms with Crippen molar-refractivity contribution < 1.29 is 14.4 Å². The summed E-state index contributed by atoms with van der Waals surface area (Å²) in [7, 11) is 0. The minimum Gasteiger partial charge on any atom is -0.275 e. The Balaban J connectivity index is 1.55. The van der Waals surface area contributed by atoms with E-state index in [4.69, 9.17) is 28.0 Å². The molecule has 7 heteroatoms. The van der Waals surface area contributed by atoms with Crippen LogP contribution in [0.3, 0.4) is 0 Å². The van der Waals surface area contributed by atoms with Crippen LogP contribution in [0.1, 0.15) is 17.2 Å². The van der Waals surface area contributed by atoms with Gasteiger partial charge in [-0.25, -0.2) is 5.06 Å². The second-order valence-electron chi connectivity index (χ2n) is 7.57. The van der Waals surface area contributed by atoms with Gasteiger partial charge in [0.15, 0.2) is 6.10 Å². The number of benzene rings is 3. The summed E-state index contributed by atoms with van der Waals surface area (Å²) in [6, 6.07) is 23.4. The molecule has 2 fully saturated rings. The molecule has 0 aromatic heterocycles. The lowest BCUT2D eigenvalue weighted by Gasteiger charge is -2.29. The van der Waals surface area contributed by atoms with Crippen LogP contribution in [0.25, 0.3) is 0 Å². The number of hydroxylamine groups is 1. The highest BCUT2D eigenvalue weighted by Crippen LogP contribution is 2.48. The van der Waals surface area contributed by atoms with E-state index in [1.807, 2.05) is 60.7 Å². The van der Waals surface area contributed by atoms with Gasteiger partial charge in [-0.3, -0.25) is 19.3 Å². The molecule has 2 aliphatic rings. The number of nitrogens with zero attached hydrogens (tertiary/aromatic N) is 2. The maximum atomic E-state index is 13.5. The van der Waals surface area contributed by atoms with Crippen LogP contribution in [-0.2, 0) is 21.0 Å². The average molecular weight is 453 g/mol. The molecule has 156 valence electrons. The summed E-state index contributed by atoms with van der Waals surface area (Å²) in [6.07, 6.45) is -0.909. The first-order valence-corrected chi connectivity index (χ1v) is 10.7. The van der Waals surface area contributed by atoms with Crippen LogP contribution < -0.4 is 5.06 Å². The Labute approximate surface area is 189 Å². The number of para-hydroxylation sites is 1. The number of fused-ring (bicyclic) bond motifs is 1. The first kappa shape index (κ1) is 20.1. The molecule has 3 atom stereocenters. The van der Waals surface area contributed by atoms with Gasteiger partial charge in [0, 0.05) is 10.0 Å². The summed E-state index contributed by atoms with van der Waals surface area (Å²) in [5.41, 5.74) is 2.30. The van der Waals surface area contributed by atoms with E-state index in [-0.39, 0.29) is 18.4 Å². The van der Waals surface area contributed by atoms with Crippen molar-refractivity contribution in [3.8, 4) is 0 Å². The highest BCUT2D eigenvalue weighted by molar-refractivity contribution is 6.35. The number of carbonyl (C=O) groups is 2. The molecule has 3 aromatic carbocycles. The van der Waals surface area contributed by atoms with Gasteiger partial charge in [0.05, 0.1) is 18.3 Å². The fraction of sp³-hybridized carbons (Fsp3) is 0.167. The van der Waals surface area contributed by atoms with Crippen molar-refractivity contribution >= 4 is 40.7 Å². The fourth-order valence-corrected chi connectivity index (χ4v) is 4.77. The topological polar surface area (TPSA) is 49.9 Å². The molecule has 2 heterocycles. The van der Waals surface area contributed by atoms with Crippen LogP contribution in [0.15, 0.2) is 78.9 Å². The van der Waals surface area contributed by atoms with E-state index in [1.54, 1.807) is 23.3 Å². The van der Waals surface area contributed by atoms with E-state index >= 15 is 0 Å². The zero-order valence-electron chi connectivity index (χ0n) is 16.3. The predicted molar refractivity (Wildman–Crippen MR) is 118 cm³/mol. The minimum absolute atomic E-state index is 0.210. The van der Waals surface area contributed by atoms with Crippen LogP contribution in [0.4, 0.5) is 5.69 Å². The number of rotatable bonds is 4. The Morgan fingerprint density at radius 1 is 0.839 bits per heavy atom. The highest BCUT2D eigenvalue weighted by atomic mass is 35.5. The Morgan fingerprint density at radius 3 is 2.19 bits per heavy atom. The van der Waals surface area contributed by atoms with E-state index in [2.05, 4.69) is 0 Å². The summed E-state index contributed by atoms with van der Waals surface area (Å²) in [5.74, 6) is -1.32. The lowest BCUT2D eigenvalue weighted by atomic mass is 9.90. The Hall–Kier alpha value is -2.86. The Kier molecular flexibility index (Phi) is 5.18. The van der Waals surface area contributed by atoms with Gasteiger partial charge in [-0.15, -0.1) is 0 Å². The van der Waals surface area contributed by atoms with Gasteiger partial charge in [-0.1, -0.05) is 77.8 Å². The number of imide groups is 1. The van der Waals surface area contributed by atoms with Gasteiger partial charge in [0.25, 0.3) is 5.91 Å². The van der Waals surface area contributed by atoms with E-state index in [1.165, 1.54) is 4.90 Å². The standard InChI is InChI=1S/C24H18Cl2N2O3/c25-16-11-12-18(19(26)13-16)21-20-22(31-28(21)17-9-5-2-6-10-17)24(30)27(23(20)29)14-15-7-3-1-4-8-15/h1-13,20-22H,14H2. The molecule has 5 rings (SSSR count). The van der Waals surface area contributed by atoms with Gasteiger partial charge < -0.3 is 0 Å². The molecule has 0 aliphatic carbocycles. The van der Waals surface area contributed by atoms with Gasteiger partial charge in [0.1, 0.15) is 5.92 Å². The number of likely N-dealkylation sites (tertiary alicyclic amines) is 1. The number of amides is 2. The van der Waals surface area contributed by atoms with Crippen LogP contribution in [0, 0.1) is 5.92 Å². The van der Waals surface area contributed by atoms with E-state index < -0.39 is 18.1 Å². The monoisotopic (exact) mass is 452 g/mol. The third-order valence-corrected chi connectivity index (χ3v) is 6.24. The molecule has 0 bridgehead atoms. The maximum absolute atomic E-state index is 13.5. The number of hydrogen-bond donors (Lipinski definition) is 0. The highest BCUT2D eigenvalue weighted by Gasteiger charge is 2.60. The number of hydrogen-bond acceptors (Lipinski definition) is 4. The average Bonchev–Trinajstić information content (AvgIpc) is 3.27. The zero-order chi connectivity index (χ0) is 21.5. The molecule has 3 unspecified atom stereocenters. The quantitative estimate of drug-likeness (QED) is 0.520. The first-order valence-electron chi connectivity index (χ1n) is 9.90. The molecule has 3 aromatic rings. The van der Waals surface area contributed by atoms with Gasteiger partial charge in [-0.05, 0) is 35.4 Å². The van der Waals surface area contributed by atoms with Crippen molar-refractivity contribution in [2.24, 2.45) is 5.92 Å². The molecule has 2 saturated heterocycles. The summed E-state index contributed by atoms with van der Waals surface area (Å²) in [5, 5.41) is 2.54. The van der Waals surface area contributed by atoms with Gasteiger partial charge in [0.2, 0.25) is 5.91 Å². The molecule has 2 amide bonds. The van der Waals surface area contributed by atoms with E-state index in [0.29, 0.717) is 15.6 Å². The van der Waals surface area contributed by atoms with E-state index in [9.17, 15) is 9.59 Å². The molecule has 2 aliphatic heterocycles. The van der Waals surface area contributed by atoms with Crippen LogP contribution in [-0.4, -0.2) is 22.8 Å². The smallest absolute Gasteiger partial charge is 0.262 e. The Bertz CT molecular complexity index is 1140. The van der Waals surface area contributed by atoms with Crippen molar-refractivity contribution in [1.82, 2.24) is 4.90 Å².